The van der Waals surface area contributed by atoms with Crippen LogP contribution in [0, 0.1) is 0 Å². The van der Waals surface area contributed by atoms with Crippen molar-refractivity contribution in [3.63, 3.8) is 0 Å². The topological polar surface area (TPSA) is 69.6 Å². The zero-order valence-electron chi connectivity index (χ0n) is 11.6. The van der Waals surface area contributed by atoms with E-state index < -0.39 is 5.91 Å². The van der Waals surface area contributed by atoms with Crippen molar-refractivity contribution in [2.45, 2.75) is 6.42 Å². The minimum absolute atomic E-state index is 0.0834. The van der Waals surface area contributed by atoms with Gasteiger partial charge >= 0.3 is 0 Å². The Balaban J connectivity index is 2.43. The fraction of sp³-hybridized carbons (Fsp3) is 0.286. The molecule has 22 heavy (non-hydrogen) atoms. The summed E-state index contributed by atoms with van der Waals surface area (Å²) in [4.78, 5) is 22.6. The summed E-state index contributed by atoms with van der Waals surface area (Å²) in [7, 11) is 0. The molecule has 0 saturated carbocycles. The molecule has 0 bridgehead atoms. The van der Waals surface area contributed by atoms with E-state index in [1.54, 1.807) is 18.2 Å². The first-order valence-corrected chi connectivity index (χ1v) is 7.69. The number of alkyl halides is 1. The molecule has 5 nitrogen and oxygen atoms in total. The standard InChI is InChI=1S/C14H15Cl3N2O3/c15-9-13(20)18-6-1-7-19(22)14(21)5-3-10-2-4-11(16)8-12(10)17/h2-5,8,22H,1,6-7,9H2,(H,18,20)/b5-3+. The van der Waals surface area contributed by atoms with Gasteiger partial charge in [-0.2, -0.15) is 0 Å². The predicted octanol–water partition coefficient (Wildman–Crippen LogP) is 2.97. The van der Waals surface area contributed by atoms with E-state index in [4.69, 9.17) is 34.8 Å². The molecule has 0 aliphatic carbocycles. The second kappa shape index (κ2) is 9.69. The van der Waals surface area contributed by atoms with Crippen LogP contribution in [0.4, 0.5) is 0 Å². The fourth-order valence-corrected chi connectivity index (χ4v) is 2.06. The first-order valence-electron chi connectivity index (χ1n) is 6.40. The summed E-state index contributed by atoms with van der Waals surface area (Å²) >= 11 is 17.0. The van der Waals surface area contributed by atoms with Crippen LogP contribution in [-0.2, 0) is 9.59 Å². The molecular formula is C14H15Cl3N2O3. The van der Waals surface area contributed by atoms with Gasteiger partial charge in [-0.05, 0) is 30.2 Å². The van der Waals surface area contributed by atoms with Gasteiger partial charge in [-0.15, -0.1) is 11.6 Å². The van der Waals surface area contributed by atoms with E-state index in [0.717, 1.165) is 0 Å². The lowest BCUT2D eigenvalue weighted by molar-refractivity contribution is -0.159. The Hall–Kier alpha value is -1.27. The minimum atomic E-state index is -0.588. The number of hydrogen-bond acceptors (Lipinski definition) is 3. The smallest absolute Gasteiger partial charge is 0.269 e. The molecule has 0 aromatic heterocycles. The van der Waals surface area contributed by atoms with Crippen molar-refractivity contribution in [1.82, 2.24) is 10.4 Å². The van der Waals surface area contributed by atoms with Crippen molar-refractivity contribution in [2.24, 2.45) is 0 Å². The van der Waals surface area contributed by atoms with Gasteiger partial charge in [0.05, 0.1) is 6.54 Å². The third-order valence-electron chi connectivity index (χ3n) is 2.61. The van der Waals surface area contributed by atoms with Gasteiger partial charge in [0.15, 0.2) is 0 Å². The van der Waals surface area contributed by atoms with Gasteiger partial charge in [-0.25, -0.2) is 5.06 Å². The van der Waals surface area contributed by atoms with E-state index >= 15 is 0 Å². The number of carbonyl (C=O) groups is 2. The molecule has 0 fully saturated rings. The van der Waals surface area contributed by atoms with Gasteiger partial charge in [-0.1, -0.05) is 29.3 Å². The number of benzene rings is 1. The van der Waals surface area contributed by atoms with E-state index in [-0.39, 0.29) is 18.3 Å². The van der Waals surface area contributed by atoms with Gasteiger partial charge in [0, 0.05) is 22.7 Å². The lowest BCUT2D eigenvalue weighted by Crippen LogP contribution is -2.31. The zero-order chi connectivity index (χ0) is 16.5. The second-order valence-electron chi connectivity index (χ2n) is 4.30. The van der Waals surface area contributed by atoms with Crippen LogP contribution in [0.1, 0.15) is 12.0 Å². The van der Waals surface area contributed by atoms with E-state index in [2.05, 4.69) is 5.32 Å². The quantitative estimate of drug-likeness (QED) is 0.257. The average molecular weight is 366 g/mol. The predicted molar refractivity (Wildman–Crippen MR) is 87.3 cm³/mol. The van der Waals surface area contributed by atoms with E-state index in [1.807, 2.05) is 0 Å². The number of rotatable bonds is 7. The summed E-state index contributed by atoms with van der Waals surface area (Å²) in [5, 5.41) is 13.6. The van der Waals surface area contributed by atoms with Crippen molar-refractivity contribution in [1.29, 1.82) is 0 Å². The Bertz CT molecular complexity index is 564. The molecule has 0 radical (unpaired) electrons. The summed E-state index contributed by atoms with van der Waals surface area (Å²) in [6.07, 6.45) is 3.09. The highest BCUT2D eigenvalue weighted by molar-refractivity contribution is 6.35. The Morgan fingerprint density at radius 1 is 1.32 bits per heavy atom. The molecule has 0 unspecified atom stereocenters. The van der Waals surface area contributed by atoms with Crippen LogP contribution in [0.3, 0.4) is 0 Å². The maximum absolute atomic E-state index is 11.7. The molecule has 0 heterocycles. The molecule has 120 valence electrons. The monoisotopic (exact) mass is 364 g/mol. The molecule has 0 saturated heterocycles. The van der Waals surface area contributed by atoms with Gasteiger partial charge in [0.25, 0.3) is 5.91 Å². The summed E-state index contributed by atoms with van der Waals surface area (Å²) in [5.74, 6) is -1.00. The van der Waals surface area contributed by atoms with Gasteiger partial charge < -0.3 is 5.32 Å². The maximum atomic E-state index is 11.7. The van der Waals surface area contributed by atoms with Crippen LogP contribution in [0.15, 0.2) is 24.3 Å². The SMILES string of the molecule is O=C(CCl)NCCCN(O)C(=O)/C=C/c1ccc(Cl)cc1Cl. The van der Waals surface area contributed by atoms with E-state index in [0.29, 0.717) is 33.6 Å². The molecule has 2 amide bonds. The van der Waals surface area contributed by atoms with Crippen molar-refractivity contribution in [3.05, 3.63) is 39.9 Å². The largest absolute Gasteiger partial charge is 0.355 e. The molecule has 0 atom stereocenters. The van der Waals surface area contributed by atoms with Crippen LogP contribution in [0.5, 0.6) is 0 Å². The van der Waals surface area contributed by atoms with Gasteiger partial charge in [0.1, 0.15) is 5.88 Å². The number of halogens is 3. The molecule has 0 aliphatic heterocycles. The van der Waals surface area contributed by atoms with Crippen LogP contribution < -0.4 is 5.32 Å². The molecule has 2 N–H and O–H groups in total. The minimum Gasteiger partial charge on any atom is -0.355 e. The normalized spacial score (nSPS) is 10.7. The number of hydroxylamine groups is 2. The van der Waals surface area contributed by atoms with Crippen molar-refractivity contribution in [3.8, 4) is 0 Å². The number of carbonyl (C=O) groups excluding carboxylic acids is 2. The molecular weight excluding hydrogens is 351 g/mol. The molecule has 1 aromatic carbocycles. The molecule has 1 aromatic rings. The highest BCUT2D eigenvalue weighted by Gasteiger charge is 2.07. The Morgan fingerprint density at radius 3 is 2.68 bits per heavy atom. The second-order valence-corrected chi connectivity index (χ2v) is 5.41. The van der Waals surface area contributed by atoms with Crippen LogP contribution >= 0.6 is 34.8 Å². The molecule has 0 spiro atoms. The fourth-order valence-electron chi connectivity index (χ4n) is 1.50. The highest BCUT2D eigenvalue weighted by atomic mass is 35.5. The number of hydrogen-bond donors (Lipinski definition) is 2. The van der Waals surface area contributed by atoms with Crippen LogP contribution in [-0.4, -0.2) is 41.1 Å². The Labute approximate surface area is 143 Å². The molecule has 1 rings (SSSR count). The van der Waals surface area contributed by atoms with Crippen molar-refractivity contribution in [2.75, 3.05) is 19.0 Å². The number of amides is 2. The number of nitrogens with zero attached hydrogens (tertiary/aromatic N) is 1. The molecule has 0 aliphatic rings. The van der Waals surface area contributed by atoms with Gasteiger partial charge in [0.2, 0.25) is 5.91 Å². The van der Waals surface area contributed by atoms with Crippen molar-refractivity contribution >= 4 is 52.7 Å². The van der Waals surface area contributed by atoms with E-state index in [9.17, 15) is 14.8 Å². The van der Waals surface area contributed by atoms with Gasteiger partial charge in [-0.3, -0.25) is 14.8 Å². The first-order chi connectivity index (χ1) is 10.4. The first kappa shape index (κ1) is 18.8. The lowest BCUT2D eigenvalue weighted by atomic mass is 10.2. The maximum Gasteiger partial charge on any atom is 0.269 e. The summed E-state index contributed by atoms with van der Waals surface area (Å²) in [5.41, 5.74) is 0.613. The van der Waals surface area contributed by atoms with Crippen LogP contribution in [0.25, 0.3) is 6.08 Å². The Morgan fingerprint density at radius 2 is 2.05 bits per heavy atom. The highest BCUT2D eigenvalue weighted by Crippen LogP contribution is 2.21. The zero-order valence-corrected chi connectivity index (χ0v) is 13.8. The van der Waals surface area contributed by atoms with Crippen LogP contribution in [0.2, 0.25) is 10.0 Å². The van der Waals surface area contributed by atoms with E-state index in [1.165, 1.54) is 12.2 Å². The summed E-state index contributed by atoms with van der Waals surface area (Å²) < 4.78 is 0. The third kappa shape index (κ3) is 6.66. The number of nitrogens with one attached hydrogen (secondary N) is 1. The lowest BCUT2D eigenvalue weighted by Gasteiger charge is -2.12. The summed E-state index contributed by atoms with van der Waals surface area (Å²) in [6, 6.07) is 4.87. The average Bonchev–Trinajstić information content (AvgIpc) is 2.49. The Kier molecular flexibility index (Phi) is 8.27. The summed E-state index contributed by atoms with van der Waals surface area (Å²) in [6.45, 7) is 0.405. The third-order valence-corrected chi connectivity index (χ3v) is 3.42. The van der Waals surface area contributed by atoms with Crippen molar-refractivity contribution < 1.29 is 14.8 Å². The molecule has 8 heteroatoms.